The first-order valence-corrected chi connectivity index (χ1v) is 5.18. The van der Waals surface area contributed by atoms with Crippen molar-refractivity contribution in [3.8, 4) is 0 Å². The molecule has 88 valence electrons. The molecule has 0 aliphatic carbocycles. The maximum Gasteiger partial charge on any atom is 0.359 e. The van der Waals surface area contributed by atoms with Crippen molar-refractivity contribution in [2.45, 2.75) is 40.2 Å². The lowest BCUT2D eigenvalue weighted by Gasteiger charge is -2.19. The van der Waals surface area contributed by atoms with E-state index in [9.17, 15) is 4.79 Å². The van der Waals surface area contributed by atoms with Crippen molar-refractivity contribution in [1.82, 2.24) is 4.98 Å². The summed E-state index contributed by atoms with van der Waals surface area (Å²) < 4.78 is 5.22. The molecule has 16 heavy (non-hydrogen) atoms. The zero-order chi connectivity index (χ0) is 12.5. The lowest BCUT2D eigenvalue weighted by atomic mass is 10.1. The van der Waals surface area contributed by atoms with E-state index < -0.39 is 11.6 Å². The average molecular weight is 222 g/mol. The van der Waals surface area contributed by atoms with Gasteiger partial charge in [0, 0.05) is 5.69 Å². The van der Waals surface area contributed by atoms with Gasteiger partial charge in [-0.25, -0.2) is 9.78 Å². The largest absolute Gasteiger partial charge is 0.455 e. The number of rotatable bonds is 1. The molecular weight excluding hydrogens is 204 g/mol. The molecule has 1 aromatic rings. The number of anilines is 1. The fraction of sp³-hybridized carbons (Fsp3) is 0.500. The molecule has 0 unspecified atom stereocenters. The van der Waals surface area contributed by atoms with Gasteiger partial charge in [-0.2, -0.15) is 0 Å². The van der Waals surface area contributed by atoms with E-state index in [2.05, 4.69) is 4.98 Å². The molecule has 0 aliphatic heterocycles. The van der Waals surface area contributed by atoms with Gasteiger partial charge >= 0.3 is 5.97 Å². The van der Waals surface area contributed by atoms with E-state index in [1.165, 1.54) is 0 Å². The maximum atomic E-state index is 11.8. The number of aryl methyl sites for hydroxylation is 2. The summed E-state index contributed by atoms with van der Waals surface area (Å²) in [6.07, 6.45) is 0. The van der Waals surface area contributed by atoms with Crippen LogP contribution < -0.4 is 5.73 Å². The van der Waals surface area contributed by atoms with E-state index in [1.54, 1.807) is 6.07 Å². The second-order valence-corrected chi connectivity index (χ2v) is 4.83. The van der Waals surface area contributed by atoms with E-state index in [1.807, 2.05) is 34.6 Å². The monoisotopic (exact) mass is 222 g/mol. The fourth-order valence-corrected chi connectivity index (χ4v) is 1.22. The number of carbonyl (C=O) groups excluding carboxylic acids is 1. The summed E-state index contributed by atoms with van der Waals surface area (Å²) in [5.41, 5.74) is 7.51. The summed E-state index contributed by atoms with van der Waals surface area (Å²) in [6, 6.07) is 1.74. The molecular formula is C12H18N2O2. The Morgan fingerprint density at radius 2 is 1.94 bits per heavy atom. The maximum absolute atomic E-state index is 11.8. The fourth-order valence-electron chi connectivity index (χ4n) is 1.22. The van der Waals surface area contributed by atoms with Gasteiger partial charge < -0.3 is 10.5 Å². The van der Waals surface area contributed by atoms with Gasteiger partial charge in [-0.05, 0) is 46.2 Å². The number of hydrogen-bond donors (Lipinski definition) is 1. The van der Waals surface area contributed by atoms with Gasteiger partial charge in [0.05, 0.1) is 5.69 Å². The first-order valence-electron chi connectivity index (χ1n) is 5.18. The number of ether oxygens (including phenoxy) is 1. The van der Waals surface area contributed by atoms with Crippen molar-refractivity contribution in [2.75, 3.05) is 5.73 Å². The minimum absolute atomic E-state index is 0.193. The quantitative estimate of drug-likeness (QED) is 0.740. The summed E-state index contributed by atoms with van der Waals surface area (Å²) >= 11 is 0. The summed E-state index contributed by atoms with van der Waals surface area (Å²) in [7, 11) is 0. The van der Waals surface area contributed by atoms with Crippen LogP contribution in [0.1, 0.15) is 42.5 Å². The van der Waals surface area contributed by atoms with Crippen LogP contribution in [0.3, 0.4) is 0 Å². The molecule has 1 rings (SSSR count). The average Bonchev–Trinajstić information content (AvgIpc) is 2.08. The SMILES string of the molecule is Cc1cc(N)c(C(=O)OC(C)(C)C)nc1C. The van der Waals surface area contributed by atoms with E-state index in [0.29, 0.717) is 5.69 Å². The van der Waals surface area contributed by atoms with Crippen molar-refractivity contribution in [2.24, 2.45) is 0 Å². The first-order chi connectivity index (χ1) is 7.20. The number of nitrogens with two attached hydrogens (primary N) is 1. The van der Waals surface area contributed by atoms with Crippen molar-refractivity contribution in [1.29, 1.82) is 0 Å². The van der Waals surface area contributed by atoms with Crippen LogP contribution in [0, 0.1) is 13.8 Å². The number of nitrogens with zero attached hydrogens (tertiary/aromatic N) is 1. The zero-order valence-corrected chi connectivity index (χ0v) is 10.4. The molecule has 1 heterocycles. The van der Waals surface area contributed by atoms with Crippen LogP contribution in [-0.4, -0.2) is 16.6 Å². The minimum atomic E-state index is -0.538. The van der Waals surface area contributed by atoms with Crippen LogP contribution in [0.5, 0.6) is 0 Å². The van der Waals surface area contributed by atoms with Crippen molar-refractivity contribution in [3.05, 3.63) is 23.0 Å². The molecule has 0 fully saturated rings. The minimum Gasteiger partial charge on any atom is -0.455 e. The molecule has 0 aliphatic rings. The van der Waals surface area contributed by atoms with Crippen LogP contribution in [-0.2, 0) is 4.74 Å². The highest BCUT2D eigenvalue weighted by Gasteiger charge is 2.21. The second kappa shape index (κ2) is 4.12. The Morgan fingerprint density at radius 1 is 1.38 bits per heavy atom. The topological polar surface area (TPSA) is 65.2 Å². The third-order valence-electron chi connectivity index (χ3n) is 2.09. The van der Waals surface area contributed by atoms with E-state index in [0.717, 1.165) is 11.3 Å². The summed E-state index contributed by atoms with van der Waals surface area (Å²) in [5, 5.41) is 0. The second-order valence-electron chi connectivity index (χ2n) is 4.83. The summed E-state index contributed by atoms with van der Waals surface area (Å²) in [5.74, 6) is -0.479. The van der Waals surface area contributed by atoms with Crippen molar-refractivity contribution < 1.29 is 9.53 Å². The molecule has 0 bridgehead atoms. The van der Waals surface area contributed by atoms with Gasteiger partial charge in [-0.15, -0.1) is 0 Å². The summed E-state index contributed by atoms with van der Waals surface area (Å²) in [6.45, 7) is 9.16. The molecule has 0 atom stereocenters. The number of carbonyl (C=O) groups is 1. The predicted molar refractivity (Wildman–Crippen MR) is 63.3 cm³/mol. The van der Waals surface area contributed by atoms with Crippen molar-refractivity contribution >= 4 is 11.7 Å². The highest BCUT2D eigenvalue weighted by molar-refractivity contribution is 5.93. The van der Waals surface area contributed by atoms with Crippen LogP contribution in [0.15, 0.2) is 6.07 Å². The first kappa shape index (κ1) is 12.5. The standard InChI is InChI=1S/C12H18N2O2/c1-7-6-9(13)10(14-8(7)2)11(15)16-12(3,4)5/h6H,13H2,1-5H3. The van der Waals surface area contributed by atoms with Crippen molar-refractivity contribution in [3.63, 3.8) is 0 Å². The van der Waals surface area contributed by atoms with E-state index >= 15 is 0 Å². The highest BCUT2D eigenvalue weighted by atomic mass is 16.6. The van der Waals surface area contributed by atoms with Gasteiger partial charge in [0.15, 0.2) is 5.69 Å². The van der Waals surface area contributed by atoms with Crippen LogP contribution in [0.2, 0.25) is 0 Å². The Kier molecular flexibility index (Phi) is 3.21. The molecule has 0 radical (unpaired) electrons. The third-order valence-corrected chi connectivity index (χ3v) is 2.09. The van der Waals surface area contributed by atoms with E-state index in [-0.39, 0.29) is 5.69 Å². The molecule has 0 saturated heterocycles. The normalized spacial score (nSPS) is 11.3. The number of esters is 1. The van der Waals surface area contributed by atoms with Gasteiger partial charge in [-0.3, -0.25) is 0 Å². The number of hydrogen-bond acceptors (Lipinski definition) is 4. The number of nitrogen functional groups attached to an aromatic ring is 1. The van der Waals surface area contributed by atoms with Gasteiger partial charge in [-0.1, -0.05) is 0 Å². The molecule has 0 saturated carbocycles. The zero-order valence-electron chi connectivity index (χ0n) is 10.4. The molecule has 0 aromatic carbocycles. The number of aromatic nitrogens is 1. The van der Waals surface area contributed by atoms with Gasteiger partial charge in [0.1, 0.15) is 5.60 Å². The molecule has 2 N–H and O–H groups in total. The van der Waals surface area contributed by atoms with Gasteiger partial charge in [0.2, 0.25) is 0 Å². The van der Waals surface area contributed by atoms with Crippen LogP contribution >= 0.6 is 0 Å². The van der Waals surface area contributed by atoms with E-state index in [4.69, 9.17) is 10.5 Å². The Bertz CT molecular complexity index is 420. The Hall–Kier alpha value is -1.58. The molecule has 0 amide bonds. The molecule has 1 aromatic heterocycles. The lowest BCUT2D eigenvalue weighted by Crippen LogP contribution is -2.25. The Labute approximate surface area is 95.8 Å². The third kappa shape index (κ3) is 2.95. The van der Waals surface area contributed by atoms with Crippen LogP contribution in [0.25, 0.3) is 0 Å². The Morgan fingerprint density at radius 3 is 2.44 bits per heavy atom. The molecule has 4 heteroatoms. The summed E-state index contributed by atoms with van der Waals surface area (Å²) in [4.78, 5) is 15.9. The van der Waals surface area contributed by atoms with Gasteiger partial charge in [0.25, 0.3) is 0 Å². The molecule has 4 nitrogen and oxygen atoms in total. The molecule has 0 spiro atoms. The predicted octanol–water partition coefficient (Wildman–Crippen LogP) is 2.24. The number of pyridine rings is 1. The smallest absolute Gasteiger partial charge is 0.359 e. The van der Waals surface area contributed by atoms with Crippen LogP contribution in [0.4, 0.5) is 5.69 Å². The Balaban J connectivity index is 3.05. The lowest BCUT2D eigenvalue weighted by molar-refractivity contribution is 0.00640. The highest BCUT2D eigenvalue weighted by Crippen LogP contribution is 2.18.